The number of hydrogen-bond donors (Lipinski definition) is 2. The van der Waals surface area contributed by atoms with E-state index in [0.717, 1.165) is 11.3 Å². The molecule has 0 spiro atoms. The summed E-state index contributed by atoms with van der Waals surface area (Å²) >= 11 is 0. The lowest BCUT2D eigenvalue weighted by Crippen LogP contribution is -2.25. The lowest BCUT2D eigenvalue weighted by Gasteiger charge is -2.13. The highest BCUT2D eigenvalue weighted by Gasteiger charge is 2.22. The second-order valence-electron chi connectivity index (χ2n) is 7.68. The average Bonchev–Trinajstić information content (AvgIpc) is 3.15. The molecule has 0 atom stereocenters. The maximum absolute atomic E-state index is 14.6. The smallest absolute Gasteiger partial charge is 0.253 e. The van der Waals surface area contributed by atoms with Crippen molar-refractivity contribution in [3.63, 3.8) is 0 Å². The Bertz CT molecular complexity index is 1360. The van der Waals surface area contributed by atoms with E-state index in [1.54, 1.807) is 36.5 Å². The number of pyridine rings is 1. The fraction of sp³-hybridized carbons (Fsp3) is 0.200. The summed E-state index contributed by atoms with van der Waals surface area (Å²) in [5, 5.41) is 5.63. The van der Waals surface area contributed by atoms with Gasteiger partial charge in [0, 0.05) is 25.4 Å². The fourth-order valence-electron chi connectivity index (χ4n) is 3.84. The zero-order valence-corrected chi connectivity index (χ0v) is 18.6. The Morgan fingerprint density at radius 1 is 1.12 bits per heavy atom. The van der Waals surface area contributed by atoms with Crippen molar-refractivity contribution in [2.45, 2.75) is 33.9 Å². The van der Waals surface area contributed by atoms with Crippen molar-refractivity contribution < 1.29 is 14.0 Å². The molecule has 2 heterocycles. The molecule has 7 nitrogen and oxygen atoms in total. The molecule has 4 rings (SSSR count). The molecule has 168 valence electrons. The number of amides is 2. The highest BCUT2D eigenvalue weighted by atomic mass is 19.1. The maximum Gasteiger partial charge on any atom is 0.253 e. The fourth-order valence-corrected chi connectivity index (χ4v) is 3.84. The Hall–Kier alpha value is -4.07. The van der Waals surface area contributed by atoms with E-state index in [4.69, 9.17) is 0 Å². The van der Waals surface area contributed by atoms with Crippen LogP contribution in [0.3, 0.4) is 0 Å². The third-order valence-electron chi connectivity index (χ3n) is 5.37. The molecule has 0 fully saturated rings. The van der Waals surface area contributed by atoms with Crippen molar-refractivity contribution in [2.75, 3.05) is 5.32 Å². The van der Waals surface area contributed by atoms with Gasteiger partial charge in [-0.1, -0.05) is 18.2 Å². The van der Waals surface area contributed by atoms with Gasteiger partial charge in [0.1, 0.15) is 11.6 Å². The number of nitrogens with zero attached hydrogens (tertiary/aromatic N) is 3. The predicted octanol–water partition coefficient (Wildman–Crippen LogP) is 4.45. The lowest BCUT2D eigenvalue weighted by atomic mass is 10.1. The van der Waals surface area contributed by atoms with Gasteiger partial charge in [0.15, 0.2) is 0 Å². The Labute approximate surface area is 190 Å². The maximum atomic E-state index is 14.6. The van der Waals surface area contributed by atoms with Crippen LogP contribution in [-0.2, 0) is 17.9 Å². The summed E-state index contributed by atoms with van der Waals surface area (Å²) in [6.07, 6.45) is 1.68. The van der Waals surface area contributed by atoms with Crippen molar-refractivity contribution in [1.82, 2.24) is 19.9 Å². The Morgan fingerprint density at radius 2 is 1.91 bits per heavy atom. The highest BCUT2D eigenvalue weighted by molar-refractivity contribution is 6.08. The standard InChI is InChI=1S/C25H24FN5O2/c1-4-31-23-19(25(33)28-14-22-15(2)8-7-11-27-22)12-17(29-16(3)32)13-21(23)30-24(31)18-9-5-6-10-20(18)26/h5-13H,4,14H2,1-3H3,(H,28,33)(H,29,32). The number of imidazole rings is 1. The summed E-state index contributed by atoms with van der Waals surface area (Å²) < 4.78 is 16.4. The summed E-state index contributed by atoms with van der Waals surface area (Å²) in [5.74, 6) is -0.595. The Kier molecular flexibility index (Phi) is 6.17. The first-order chi connectivity index (χ1) is 15.9. The van der Waals surface area contributed by atoms with Gasteiger partial charge in [-0.15, -0.1) is 0 Å². The number of aromatic nitrogens is 3. The number of nitrogens with one attached hydrogen (secondary N) is 2. The number of anilines is 1. The van der Waals surface area contributed by atoms with Crippen LogP contribution in [0.15, 0.2) is 54.7 Å². The van der Waals surface area contributed by atoms with Crippen molar-refractivity contribution in [1.29, 1.82) is 0 Å². The number of fused-ring (bicyclic) bond motifs is 1. The van der Waals surface area contributed by atoms with Crippen LogP contribution in [0.25, 0.3) is 22.4 Å². The van der Waals surface area contributed by atoms with Gasteiger partial charge in [-0.25, -0.2) is 9.37 Å². The lowest BCUT2D eigenvalue weighted by molar-refractivity contribution is -0.114. The summed E-state index contributed by atoms with van der Waals surface area (Å²) in [5.41, 5.74) is 3.90. The van der Waals surface area contributed by atoms with Crippen LogP contribution in [0, 0.1) is 12.7 Å². The van der Waals surface area contributed by atoms with E-state index in [-0.39, 0.29) is 18.4 Å². The van der Waals surface area contributed by atoms with E-state index >= 15 is 0 Å². The molecule has 2 aromatic carbocycles. The van der Waals surface area contributed by atoms with Crippen LogP contribution in [0.4, 0.5) is 10.1 Å². The van der Waals surface area contributed by atoms with Crippen LogP contribution in [0.1, 0.15) is 35.5 Å². The first-order valence-corrected chi connectivity index (χ1v) is 10.6. The minimum absolute atomic E-state index is 0.248. The SMILES string of the molecule is CCn1c(-c2ccccc2F)nc2cc(NC(C)=O)cc(C(=O)NCc3ncccc3C)c21. The average molecular weight is 445 g/mol. The number of benzene rings is 2. The van der Waals surface area contributed by atoms with Crippen molar-refractivity contribution in [3.05, 3.63) is 77.4 Å². The van der Waals surface area contributed by atoms with Crippen LogP contribution in [0.2, 0.25) is 0 Å². The van der Waals surface area contributed by atoms with Gasteiger partial charge in [-0.2, -0.15) is 0 Å². The van der Waals surface area contributed by atoms with Gasteiger partial charge in [0.05, 0.1) is 34.4 Å². The van der Waals surface area contributed by atoms with E-state index in [1.165, 1.54) is 13.0 Å². The van der Waals surface area contributed by atoms with Gasteiger partial charge in [-0.3, -0.25) is 14.6 Å². The zero-order valence-electron chi connectivity index (χ0n) is 18.6. The van der Waals surface area contributed by atoms with Crippen molar-refractivity contribution in [3.8, 4) is 11.4 Å². The molecule has 0 aliphatic rings. The molecule has 0 aliphatic heterocycles. The number of rotatable bonds is 6. The summed E-state index contributed by atoms with van der Waals surface area (Å²) in [4.78, 5) is 33.9. The van der Waals surface area contributed by atoms with Crippen LogP contribution < -0.4 is 10.6 Å². The molecule has 0 unspecified atom stereocenters. The second kappa shape index (κ2) is 9.20. The Morgan fingerprint density at radius 3 is 2.61 bits per heavy atom. The quantitative estimate of drug-likeness (QED) is 0.459. The van der Waals surface area contributed by atoms with Crippen molar-refractivity contribution in [2.24, 2.45) is 0 Å². The number of aryl methyl sites for hydroxylation is 2. The molecular formula is C25H24FN5O2. The summed E-state index contributed by atoms with van der Waals surface area (Å²) in [7, 11) is 0. The van der Waals surface area contributed by atoms with E-state index in [9.17, 15) is 14.0 Å². The van der Waals surface area contributed by atoms with Gasteiger partial charge in [0.2, 0.25) is 5.91 Å². The number of carbonyl (C=O) groups is 2. The van der Waals surface area contributed by atoms with E-state index in [0.29, 0.717) is 40.2 Å². The molecular weight excluding hydrogens is 421 g/mol. The number of halogens is 1. The van der Waals surface area contributed by atoms with E-state index in [1.807, 2.05) is 30.5 Å². The summed E-state index contributed by atoms with van der Waals surface area (Å²) in [6, 6.07) is 13.5. The molecule has 2 amide bonds. The second-order valence-corrected chi connectivity index (χ2v) is 7.68. The molecule has 2 aromatic heterocycles. The molecule has 2 N–H and O–H groups in total. The van der Waals surface area contributed by atoms with Gasteiger partial charge in [0.25, 0.3) is 5.91 Å². The van der Waals surface area contributed by atoms with E-state index < -0.39 is 5.82 Å². The van der Waals surface area contributed by atoms with Crippen LogP contribution in [-0.4, -0.2) is 26.3 Å². The molecule has 0 bridgehead atoms. The molecule has 8 heteroatoms. The van der Waals surface area contributed by atoms with Gasteiger partial charge >= 0.3 is 0 Å². The van der Waals surface area contributed by atoms with Gasteiger partial charge < -0.3 is 15.2 Å². The Balaban J connectivity index is 1.84. The molecule has 0 saturated carbocycles. The predicted molar refractivity (Wildman–Crippen MR) is 125 cm³/mol. The molecule has 4 aromatic rings. The first-order valence-electron chi connectivity index (χ1n) is 10.6. The largest absolute Gasteiger partial charge is 0.346 e. The van der Waals surface area contributed by atoms with Crippen LogP contribution in [0.5, 0.6) is 0 Å². The zero-order chi connectivity index (χ0) is 23.5. The summed E-state index contributed by atoms with van der Waals surface area (Å²) in [6.45, 7) is 5.95. The number of carbonyl (C=O) groups excluding carboxylic acids is 2. The minimum Gasteiger partial charge on any atom is -0.346 e. The third-order valence-corrected chi connectivity index (χ3v) is 5.37. The van der Waals surface area contributed by atoms with Crippen LogP contribution >= 0.6 is 0 Å². The topological polar surface area (TPSA) is 88.9 Å². The minimum atomic E-state index is -0.402. The number of hydrogen-bond acceptors (Lipinski definition) is 4. The first kappa shape index (κ1) is 22.1. The molecule has 33 heavy (non-hydrogen) atoms. The normalized spacial score (nSPS) is 10.9. The van der Waals surface area contributed by atoms with Gasteiger partial charge in [-0.05, 0) is 49.7 Å². The third kappa shape index (κ3) is 4.45. The molecule has 0 radical (unpaired) electrons. The van der Waals surface area contributed by atoms with E-state index in [2.05, 4.69) is 20.6 Å². The molecule has 0 saturated heterocycles. The van der Waals surface area contributed by atoms with Crippen molar-refractivity contribution >= 4 is 28.5 Å². The monoisotopic (exact) mass is 445 g/mol. The highest BCUT2D eigenvalue weighted by Crippen LogP contribution is 2.31. The molecule has 0 aliphatic carbocycles.